The first-order valence-electron chi connectivity index (χ1n) is 6.73. The fourth-order valence-corrected chi connectivity index (χ4v) is 2.38. The van der Waals surface area contributed by atoms with Crippen LogP contribution in [0, 0.1) is 5.82 Å². The molecule has 20 heavy (non-hydrogen) atoms. The van der Waals surface area contributed by atoms with Gasteiger partial charge in [-0.2, -0.15) is 0 Å². The molecule has 1 heterocycles. The van der Waals surface area contributed by atoms with Gasteiger partial charge in [0.2, 0.25) is 0 Å². The van der Waals surface area contributed by atoms with E-state index in [2.05, 4.69) is 0 Å². The Morgan fingerprint density at radius 1 is 1.10 bits per heavy atom. The van der Waals surface area contributed by atoms with Crippen LogP contribution in [0.5, 0.6) is 5.75 Å². The highest BCUT2D eigenvalue weighted by molar-refractivity contribution is 5.81. The van der Waals surface area contributed by atoms with E-state index >= 15 is 0 Å². The number of rotatable bonds is 4. The zero-order chi connectivity index (χ0) is 13.9. The molecule has 3 heteroatoms. The Morgan fingerprint density at radius 2 is 1.95 bits per heavy atom. The molecule has 3 rings (SSSR count). The lowest BCUT2D eigenvalue weighted by atomic mass is 10.2. The van der Waals surface area contributed by atoms with Crippen LogP contribution in [-0.2, 0) is 6.54 Å². The molecule has 0 saturated carbocycles. The lowest BCUT2D eigenvalue weighted by Gasteiger charge is -2.08. The minimum Gasteiger partial charge on any atom is -0.494 e. The van der Waals surface area contributed by atoms with Gasteiger partial charge >= 0.3 is 0 Å². The van der Waals surface area contributed by atoms with Gasteiger partial charge in [-0.05, 0) is 37.3 Å². The van der Waals surface area contributed by atoms with E-state index in [0.717, 1.165) is 16.7 Å². The number of hydrogen-bond acceptors (Lipinski definition) is 1. The molecule has 0 aliphatic carbocycles. The van der Waals surface area contributed by atoms with Crippen molar-refractivity contribution in [3.8, 4) is 5.75 Å². The van der Waals surface area contributed by atoms with Crippen molar-refractivity contribution in [1.29, 1.82) is 0 Å². The van der Waals surface area contributed by atoms with E-state index in [1.54, 1.807) is 6.07 Å². The van der Waals surface area contributed by atoms with Gasteiger partial charge in [-0.15, -0.1) is 0 Å². The molecule has 3 aromatic rings. The Kier molecular flexibility index (Phi) is 3.42. The first-order valence-corrected chi connectivity index (χ1v) is 6.73. The fraction of sp³-hybridized carbons (Fsp3) is 0.176. The van der Waals surface area contributed by atoms with Gasteiger partial charge in [-0.25, -0.2) is 4.39 Å². The van der Waals surface area contributed by atoms with Crippen molar-refractivity contribution in [3.63, 3.8) is 0 Å². The molecule has 1 aromatic heterocycles. The molecule has 2 nitrogen and oxygen atoms in total. The number of hydrogen-bond donors (Lipinski definition) is 0. The summed E-state index contributed by atoms with van der Waals surface area (Å²) in [4.78, 5) is 0. The summed E-state index contributed by atoms with van der Waals surface area (Å²) < 4.78 is 21.2. The molecule has 0 bridgehead atoms. The van der Waals surface area contributed by atoms with Crippen LogP contribution < -0.4 is 4.74 Å². The molecule has 0 saturated heterocycles. The summed E-state index contributed by atoms with van der Waals surface area (Å²) in [5.41, 5.74) is 1.77. The molecule has 0 fully saturated rings. The Bertz CT molecular complexity index is 733. The molecule has 2 aromatic carbocycles. The van der Waals surface area contributed by atoms with Crippen molar-refractivity contribution in [2.45, 2.75) is 13.5 Å². The minimum absolute atomic E-state index is 0.166. The summed E-state index contributed by atoms with van der Waals surface area (Å²) >= 11 is 0. The summed E-state index contributed by atoms with van der Waals surface area (Å²) in [7, 11) is 0. The van der Waals surface area contributed by atoms with Gasteiger partial charge in [-0.1, -0.05) is 18.2 Å². The Balaban J connectivity index is 1.95. The van der Waals surface area contributed by atoms with Gasteiger partial charge in [0, 0.05) is 22.7 Å². The van der Waals surface area contributed by atoms with Crippen molar-refractivity contribution in [1.82, 2.24) is 4.57 Å². The third-order valence-electron chi connectivity index (χ3n) is 3.35. The normalized spacial score (nSPS) is 10.9. The molecular weight excluding hydrogens is 253 g/mol. The van der Waals surface area contributed by atoms with Crippen molar-refractivity contribution in [2.75, 3.05) is 6.61 Å². The van der Waals surface area contributed by atoms with E-state index in [4.69, 9.17) is 4.74 Å². The predicted molar refractivity (Wildman–Crippen MR) is 78.6 cm³/mol. The minimum atomic E-state index is -0.166. The molecule has 0 amide bonds. The predicted octanol–water partition coefficient (Wildman–Crippen LogP) is 4.23. The SMILES string of the molecule is CCOc1ccc2c(ccn2Cc2ccccc2F)c1. The first kappa shape index (κ1) is 12.7. The maximum Gasteiger partial charge on any atom is 0.128 e. The number of ether oxygens (including phenoxy) is 1. The number of halogens is 1. The molecular formula is C17H16FNO. The molecule has 102 valence electrons. The number of fused-ring (bicyclic) bond motifs is 1. The van der Waals surface area contributed by atoms with Crippen LogP contribution >= 0.6 is 0 Å². The maximum absolute atomic E-state index is 13.7. The van der Waals surface area contributed by atoms with Gasteiger partial charge in [0.25, 0.3) is 0 Å². The number of nitrogens with zero attached hydrogens (tertiary/aromatic N) is 1. The molecule has 0 aliphatic heterocycles. The summed E-state index contributed by atoms with van der Waals surface area (Å²) in [6, 6.07) is 14.9. The summed E-state index contributed by atoms with van der Waals surface area (Å²) in [6.45, 7) is 3.15. The van der Waals surface area contributed by atoms with E-state index in [1.807, 2.05) is 54.1 Å². The van der Waals surface area contributed by atoms with Crippen LogP contribution in [0.3, 0.4) is 0 Å². The second kappa shape index (κ2) is 5.37. The molecule has 0 unspecified atom stereocenters. The van der Waals surface area contributed by atoms with Gasteiger partial charge < -0.3 is 9.30 Å². The molecule has 0 N–H and O–H groups in total. The van der Waals surface area contributed by atoms with Crippen LogP contribution in [0.2, 0.25) is 0 Å². The van der Waals surface area contributed by atoms with Crippen molar-refractivity contribution < 1.29 is 9.13 Å². The summed E-state index contributed by atoms with van der Waals surface area (Å²) in [5.74, 6) is 0.698. The molecule has 0 atom stereocenters. The monoisotopic (exact) mass is 269 g/mol. The zero-order valence-electron chi connectivity index (χ0n) is 11.3. The highest BCUT2D eigenvalue weighted by Gasteiger charge is 2.06. The zero-order valence-corrected chi connectivity index (χ0v) is 11.3. The lowest BCUT2D eigenvalue weighted by molar-refractivity contribution is 0.340. The van der Waals surface area contributed by atoms with Crippen LogP contribution in [0.25, 0.3) is 10.9 Å². The quantitative estimate of drug-likeness (QED) is 0.691. The van der Waals surface area contributed by atoms with Crippen molar-refractivity contribution in [2.24, 2.45) is 0 Å². The highest BCUT2D eigenvalue weighted by atomic mass is 19.1. The molecule has 0 aliphatic rings. The lowest BCUT2D eigenvalue weighted by Crippen LogP contribution is -2.00. The van der Waals surface area contributed by atoms with E-state index in [0.29, 0.717) is 18.7 Å². The standard InChI is InChI=1S/C17H16FNO/c1-2-20-15-7-8-17-13(11-15)9-10-19(17)12-14-5-3-4-6-16(14)18/h3-11H,2,12H2,1H3. The highest BCUT2D eigenvalue weighted by Crippen LogP contribution is 2.23. The molecule has 0 radical (unpaired) electrons. The third kappa shape index (κ3) is 2.39. The van der Waals surface area contributed by atoms with Crippen LogP contribution in [-0.4, -0.2) is 11.2 Å². The van der Waals surface area contributed by atoms with E-state index in [9.17, 15) is 4.39 Å². The number of aromatic nitrogens is 1. The van der Waals surface area contributed by atoms with Crippen LogP contribution in [0.4, 0.5) is 4.39 Å². The van der Waals surface area contributed by atoms with Crippen molar-refractivity contribution in [3.05, 3.63) is 66.1 Å². The van der Waals surface area contributed by atoms with Gasteiger partial charge in [-0.3, -0.25) is 0 Å². The van der Waals surface area contributed by atoms with Crippen LogP contribution in [0.1, 0.15) is 12.5 Å². The average Bonchev–Trinajstić information content (AvgIpc) is 2.84. The second-order valence-corrected chi connectivity index (χ2v) is 4.69. The summed E-state index contributed by atoms with van der Waals surface area (Å²) in [6.07, 6.45) is 1.98. The van der Waals surface area contributed by atoms with E-state index < -0.39 is 0 Å². The second-order valence-electron chi connectivity index (χ2n) is 4.69. The Morgan fingerprint density at radius 3 is 2.75 bits per heavy atom. The smallest absolute Gasteiger partial charge is 0.128 e. The first-order chi connectivity index (χ1) is 9.78. The van der Waals surface area contributed by atoms with E-state index in [-0.39, 0.29) is 5.82 Å². The summed E-state index contributed by atoms with van der Waals surface area (Å²) in [5, 5.41) is 1.10. The third-order valence-corrected chi connectivity index (χ3v) is 3.35. The Hall–Kier alpha value is -2.29. The largest absolute Gasteiger partial charge is 0.494 e. The topological polar surface area (TPSA) is 14.2 Å². The van der Waals surface area contributed by atoms with Gasteiger partial charge in [0.15, 0.2) is 0 Å². The molecule has 0 spiro atoms. The average molecular weight is 269 g/mol. The van der Waals surface area contributed by atoms with E-state index in [1.165, 1.54) is 6.07 Å². The Labute approximate surface area is 117 Å². The number of benzene rings is 2. The maximum atomic E-state index is 13.7. The van der Waals surface area contributed by atoms with Crippen LogP contribution in [0.15, 0.2) is 54.7 Å². The van der Waals surface area contributed by atoms with Crippen molar-refractivity contribution >= 4 is 10.9 Å². The fourth-order valence-electron chi connectivity index (χ4n) is 2.38. The van der Waals surface area contributed by atoms with Gasteiger partial charge in [0.1, 0.15) is 11.6 Å². The van der Waals surface area contributed by atoms with Gasteiger partial charge in [0.05, 0.1) is 13.2 Å².